The van der Waals surface area contributed by atoms with E-state index >= 15 is 0 Å². The van der Waals surface area contributed by atoms with E-state index in [-0.39, 0.29) is 6.04 Å². The highest BCUT2D eigenvalue weighted by atomic mass is 32.1. The molecule has 3 N–H and O–H groups in total. The molecular weight excluding hydrogens is 200 g/mol. The molecule has 1 aromatic rings. The first kappa shape index (κ1) is 9.61. The zero-order chi connectivity index (χ0) is 10.3. The number of nitrogens with two attached hydrogens (primary N) is 1. The summed E-state index contributed by atoms with van der Waals surface area (Å²) in [5.74, 6) is -0.772. The monoisotopic (exact) mass is 212 g/mol. The first-order valence-corrected chi connectivity index (χ1v) is 5.34. The fraction of sp³-hybridized carbons (Fsp3) is 0.556. The fourth-order valence-corrected chi connectivity index (χ4v) is 3.07. The van der Waals surface area contributed by atoms with Gasteiger partial charge < -0.3 is 10.8 Å². The fourth-order valence-electron chi connectivity index (χ4n) is 2.05. The second-order valence-corrected chi connectivity index (χ2v) is 4.68. The van der Waals surface area contributed by atoms with E-state index in [9.17, 15) is 9.90 Å². The molecule has 0 unspecified atom stereocenters. The molecule has 0 spiro atoms. The number of aromatic nitrogens is 1. The van der Waals surface area contributed by atoms with Crippen molar-refractivity contribution < 1.29 is 9.90 Å². The van der Waals surface area contributed by atoms with Gasteiger partial charge in [-0.25, -0.2) is 4.98 Å². The Hall–Kier alpha value is -0.940. The summed E-state index contributed by atoms with van der Waals surface area (Å²) in [6, 6.07) is 0.0209. The van der Waals surface area contributed by atoms with Gasteiger partial charge in [0.1, 0.15) is 5.41 Å². The standard InChI is InChI=1S/C9H12N2O2S/c1-5-7(14-4-11-5)9(8(12)13)2-6(10)3-9/h4,6H,2-3,10H2,1H3,(H,12,13). The van der Waals surface area contributed by atoms with E-state index in [1.54, 1.807) is 5.51 Å². The van der Waals surface area contributed by atoms with Crippen LogP contribution in [0.1, 0.15) is 23.4 Å². The molecule has 14 heavy (non-hydrogen) atoms. The molecule has 0 aliphatic heterocycles. The smallest absolute Gasteiger partial charge is 0.315 e. The van der Waals surface area contributed by atoms with Gasteiger partial charge in [0, 0.05) is 10.9 Å². The van der Waals surface area contributed by atoms with E-state index in [0.29, 0.717) is 12.8 Å². The summed E-state index contributed by atoms with van der Waals surface area (Å²) in [5.41, 5.74) is 7.44. The van der Waals surface area contributed by atoms with Crippen molar-refractivity contribution in [2.75, 3.05) is 0 Å². The van der Waals surface area contributed by atoms with E-state index in [1.165, 1.54) is 11.3 Å². The van der Waals surface area contributed by atoms with Gasteiger partial charge in [-0.15, -0.1) is 11.3 Å². The molecule has 1 fully saturated rings. The predicted molar refractivity (Wildman–Crippen MR) is 53.4 cm³/mol. The predicted octanol–water partition coefficient (Wildman–Crippen LogP) is 0.895. The third-order valence-corrected chi connectivity index (χ3v) is 3.94. The Morgan fingerprint density at radius 2 is 2.43 bits per heavy atom. The summed E-state index contributed by atoms with van der Waals surface area (Å²) in [5, 5.41) is 9.22. The van der Waals surface area contributed by atoms with Crippen LogP contribution in [0.25, 0.3) is 0 Å². The maximum absolute atomic E-state index is 11.2. The molecule has 0 atom stereocenters. The lowest BCUT2D eigenvalue weighted by molar-refractivity contribution is -0.148. The van der Waals surface area contributed by atoms with Crippen molar-refractivity contribution in [3.63, 3.8) is 0 Å². The van der Waals surface area contributed by atoms with Crippen LogP contribution in [0.3, 0.4) is 0 Å². The van der Waals surface area contributed by atoms with Gasteiger partial charge in [-0.1, -0.05) is 0 Å². The van der Waals surface area contributed by atoms with Crippen molar-refractivity contribution in [3.05, 3.63) is 16.1 Å². The third-order valence-electron chi connectivity index (χ3n) is 2.81. The Morgan fingerprint density at radius 1 is 1.79 bits per heavy atom. The Bertz CT molecular complexity index is 369. The van der Waals surface area contributed by atoms with Crippen LogP contribution in [0.4, 0.5) is 0 Å². The minimum absolute atomic E-state index is 0.0209. The molecule has 76 valence electrons. The molecule has 1 aromatic heterocycles. The summed E-state index contributed by atoms with van der Waals surface area (Å²) in [7, 11) is 0. The number of hydrogen-bond donors (Lipinski definition) is 2. The summed E-state index contributed by atoms with van der Waals surface area (Å²) >= 11 is 1.42. The van der Waals surface area contributed by atoms with E-state index in [4.69, 9.17) is 5.73 Å². The van der Waals surface area contributed by atoms with Crippen molar-refractivity contribution >= 4 is 17.3 Å². The molecule has 0 aromatic carbocycles. The Morgan fingerprint density at radius 3 is 2.79 bits per heavy atom. The van der Waals surface area contributed by atoms with Crippen molar-refractivity contribution in [1.29, 1.82) is 0 Å². The Balaban J connectivity index is 2.39. The molecule has 0 radical (unpaired) electrons. The highest BCUT2D eigenvalue weighted by Crippen LogP contribution is 2.46. The van der Waals surface area contributed by atoms with Gasteiger partial charge in [-0.3, -0.25) is 4.79 Å². The first-order chi connectivity index (χ1) is 6.56. The molecule has 2 rings (SSSR count). The largest absolute Gasteiger partial charge is 0.481 e. The summed E-state index contributed by atoms with van der Waals surface area (Å²) in [6.45, 7) is 1.85. The highest BCUT2D eigenvalue weighted by Gasteiger charge is 2.52. The molecule has 1 saturated carbocycles. The zero-order valence-corrected chi connectivity index (χ0v) is 8.67. The molecule has 1 aliphatic rings. The van der Waals surface area contributed by atoms with Crippen LogP contribution in [0.15, 0.2) is 5.51 Å². The number of hydrogen-bond acceptors (Lipinski definition) is 4. The van der Waals surface area contributed by atoms with E-state index in [1.807, 2.05) is 6.92 Å². The van der Waals surface area contributed by atoms with Gasteiger partial charge in [-0.2, -0.15) is 0 Å². The minimum Gasteiger partial charge on any atom is -0.481 e. The van der Waals surface area contributed by atoms with Crippen LogP contribution in [0, 0.1) is 6.92 Å². The molecular formula is C9H12N2O2S. The third kappa shape index (κ3) is 1.16. The van der Waals surface area contributed by atoms with Crippen LogP contribution >= 0.6 is 11.3 Å². The van der Waals surface area contributed by atoms with Crippen LogP contribution in [0.5, 0.6) is 0 Å². The zero-order valence-electron chi connectivity index (χ0n) is 7.86. The van der Waals surface area contributed by atoms with Crippen molar-refractivity contribution in [2.45, 2.75) is 31.2 Å². The highest BCUT2D eigenvalue weighted by molar-refractivity contribution is 7.10. The van der Waals surface area contributed by atoms with Crippen molar-refractivity contribution in [3.8, 4) is 0 Å². The van der Waals surface area contributed by atoms with E-state index in [0.717, 1.165) is 10.6 Å². The van der Waals surface area contributed by atoms with Crippen molar-refractivity contribution in [1.82, 2.24) is 4.98 Å². The van der Waals surface area contributed by atoms with E-state index < -0.39 is 11.4 Å². The quantitative estimate of drug-likeness (QED) is 0.763. The molecule has 1 heterocycles. The summed E-state index contributed by atoms with van der Waals surface area (Å²) in [6.07, 6.45) is 1.07. The lowest BCUT2D eigenvalue weighted by Crippen LogP contribution is -2.54. The number of thiazole rings is 1. The number of aryl methyl sites for hydroxylation is 1. The maximum Gasteiger partial charge on any atom is 0.315 e. The SMILES string of the molecule is Cc1ncsc1C1(C(=O)O)CC(N)C1. The lowest BCUT2D eigenvalue weighted by atomic mass is 9.64. The number of carboxylic acids is 1. The molecule has 1 aliphatic carbocycles. The van der Waals surface area contributed by atoms with Gasteiger partial charge in [0.2, 0.25) is 0 Å². The van der Waals surface area contributed by atoms with Crippen LogP contribution in [-0.2, 0) is 10.2 Å². The number of aliphatic carboxylic acids is 1. The lowest BCUT2D eigenvalue weighted by Gasteiger charge is -2.42. The Kier molecular flexibility index (Phi) is 2.08. The van der Waals surface area contributed by atoms with Gasteiger partial charge in [0.25, 0.3) is 0 Å². The normalized spacial score (nSPS) is 31.1. The van der Waals surface area contributed by atoms with Gasteiger partial charge in [0.05, 0.1) is 11.2 Å². The second kappa shape index (κ2) is 3.03. The number of carbonyl (C=O) groups is 1. The average Bonchev–Trinajstić information content (AvgIpc) is 2.45. The molecule has 4 nitrogen and oxygen atoms in total. The van der Waals surface area contributed by atoms with Gasteiger partial charge in [0.15, 0.2) is 0 Å². The molecule has 5 heteroatoms. The van der Waals surface area contributed by atoms with Crippen LogP contribution < -0.4 is 5.73 Å². The molecule has 0 bridgehead atoms. The van der Waals surface area contributed by atoms with Crippen LogP contribution in [-0.4, -0.2) is 22.1 Å². The average molecular weight is 212 g/mol. The Labute approximate surface area is 85.8 Å². The maximum atomic E-state index is 11.2. The second-order valence-electron chi connectivity index (χ2n) is 3.82. The number of carboxylic acid groups (broad SMARTS) is 1. The molecule has 0 saturated heterocycles. The van der Waals surface area contributed by atoms with Crippen LogP contribution in [0.2, 0.25) is 0 Å². The van der Waals surface area contributed by atoms with E-state index in [2.05, 4.69) is 4.98 Å². The number of rotatable bonds is 2. The van der Waals surface area contributed by atoms with Crippen molar-refractivity contribution in [2.24, 2.45) is 5.73 Å². The topological polar surface area (TPSA) is 76.2 Å². The summed E-state index contributed by atoms with van der Waals surface area (Å²) < 4.78 is 0. The minimum atomic E-state index is -0.772. The molecule has 0 amide bonds. The van der Waals surface area contributed by atoms with Gasteiger partial charge >= 0.3 is 5.97 Å². The summed E-state index contributed by atoms with van der Waals surface area (Å²) in [4.78, 5) is 16.2. The first-order valence-electron chi connectivity index (χ1n) is 4.46. The van der Waals surface area contributed by atoms with Gasteiger partial charge in [-0.05, 0) is 19.8 Å². The number of nitrogens with zero attached hydrogens (tertiary/aromatic N) is 1.